The predicted octanol–water partition coefficient (Wildman–Crippen LogP) is 8.52. The molecular formula is C40H42N4O2. The lowest BCUT2D eigenvalue weighted by atomic mass is 9.62. The Hall–Kier alpha value is -4.42. The Kier molecular flexibility index (Phi) is 7.41. The lowest BCUT2D eigenvalue weighted by Gasteiger charge is -2.50. The van der Waals surface area contributed by atoms with Crippen molar-refractivity contribution >= 4 is 22.5 Å². The molecule has 1 unspecified atom stereocenters. The Balaban J connectivity index is 1.02. The van der Waals surface area contributed by atoms with Gasteiger partial charge in [0.05, 0.1) is 28.4 Å². The van der Waals surface area contributed by atoms with Gasteiger partial charge in [-0.15, -0.1) is 0 Å². The van der Waals surface area contributed by atoms with Crippen LogP contribution in [0.4, 0.5) is 5.69 Å². The molecule has 6 nitrogen and oxygen atoms in total. The van der Waals surface area contributed by atoms with Gasteiger partial charge in [0, 0.05) is 22.2 Å². The second-order valence-electron chi connectivity index (χ2n) is 13.9. The summed E-state index contributed by atoms with van der Waals surface area (Å²) < 4.78 is 0. The van der Waals surface area contributed by atoms with E-state index in [1.54, 1.807) is 0 Å². The second-order valence-corrected chi connectivity index (χ2v) is 13.9. The molecule has 1 aromatic heterocycles. The number of carbonyl (C=O) groups excluding carboxylic acids is 1. The summed E-state index contributed by atoms with van der Waals surface area (Å²) in [5.41, 5.74) is 6.10. The molecule has 234 valence electrons. The van der Waals surface area contributed by atoms with Crippen molar-refractivity contribution in [2.24, 2.45) is 11.8 Å². The van der Waals surface area contributed by atoms with Gasteiger partial charge in [-0.25, -0.2) is 0 Å². The molecule has 3 fully saturated rings. The smallest absolute Gasteiger partial charge is 0.251 e. The lowest BCUT2D eigenvalue weighted by molar-refractivity contribution is -0.0869. The summed E-state index contributed by atoms with van der Waals surface area (Å²) in [6, 6.07) is 35.3. The van der Waals surface area contributed by atoms with E-state index in [9.17, 15) is 9.90 Å². The monoisotopic (exact) mass is 610 g/mol. The van der Waals surface area contributed by atoms with E-state index in [0.717, 1.165) is 84.8 Å². The summed E-state index contributed by atoms with van der Waals surface area (Å²) in [6.07, 6.45) is 9.28. The van der Waals surface area contributed by atoms with Crippen LogP contribution in [0.2, 0.25) is 0 Å². The van der Waals surface area contributed by atoms with E-state index >= 15 is 0 Å². The molecule has 6 heteroatoms. The van der Waals surface area contributed by atoms with Gasteiger partial charge in [-0.2, -0.15) is 5.10 Å². The topological polar surface area (TPSA) is 90.0 Å². The number of aliphatic hydroxyl groups is 1. The van der Waals surface area contributed by atoms with Gasteiger partial charge >= 0.3 is 0 Å². The number of benzene rings is 4. The van der Waals surface area contributed by atoms with Crippen molar-refractivity contribution in [1.29, 1.82) is 0 Å². The number of anilines is 1. The molecule has 3 saturated carbocycles. The third kappa shape index (κ3) is 5.49. The molecule has 1 atom stereocenters. The molecule has 0 radical (unpaired) electrons. The highest BCUT2D eigenvalue weighted by atomic mass is 16.3. The van der Waals surface area contributed by atoms with Crippen molar-refractivity contribution in [3.05, 3.63) is 120 Å². The molecule has 0 spiro atoms. The predicted molar refractivity (Wildman–Crippen MR) is 183 cm³/mol. The zero-order valence-corrected chi connectivity index (χ0v) is 26.2. The van der Waals surface area contributed by atoms with Gasteiger partial charge in [0.15, 0.2) is 0 Å². The van der Waals surface area contributed by atoms with E-state index in [2.05, 4.69) is 87.6 Å². The molecule has 3 aliphatic carbocycles. The van der Waals surface area contributed by atoms with Gasteiger partial charge in [0.1, 0.15) is 0 Å². The number of nitrogens with zero attached hydrogens (tertiary/aromatic N) is 1. The van der Waals surface area contributed by atoms with E-state index in [0.29, 0.717) is 17.4 Å². The number of nitrogens with one attached hydrogen (secondary N) is 3. The molecule has 0 aliphatic heterocycles. The average Bonchev–Trinajstić information content (AvgIpc) is 3.83. The number of amides is 1. The highest BCUT2D eigenvalue weighted by Gasteiger charge is 2.48. The summed E-state index contributed by atoms with van der Waals surface area (Å²) in [4.78, 5) is 13.5. The number of hydrogen-bond donors (Lipinski definition) is 4. The van der Waals surface area contributed by atoms with Crippen LogP contribution in [0.5, 0.6) is 0 Å². The van der Waals surface area contributed by atoms with Crippen molar-refractivity contribution in [2.75, 3.05) is 5.32 Å². The minimum absolute atomic E-state index is 0.0311. The number of fused-ring (bicyclic) bond motifs is 1. The Morgan fingerprint density at radius 2 is 1.52 bits per heavy atom. The maximum atomic E-state index is 13.5. The molecule has 0 saturated heterocycles. The number of H-pyrrole nitrogens is 1. The standard InChI is InChI=1S/C40H42N4O2/c45-38(41-36(28-14-15-28)27-8-3-1-4-9-27)30-18-21-35-34(26-30)37(44-43-35)29-16-19-33(20-17-29)42-39(31-10-5-2-6-11-31)22-24-40(46,25-23-39)32-12-7-13-32/h1-6,8-11,16-21,26,28,32,36,42,46H,7,12-15,22-25H2,(H,41,45)(H,43,44). The quantitative estimate of drug-likeness (QED) is 0.135. The number of carbonyl (C=O) groups is 1. The Morgan fingerprint density at radius 1 is 0.826 bits per heavy atom. The van der Waals surface area contributed by atoms with Crippen molar-refractivity contribution in [2.45, 2.75) is 75.0 Å². The van der Waals surface area contributed by atoms with Crippen LogP contribution in [-0.4, -0.2) is 26.8 Å². The minimum Gasteiger partial charge on any atom is -0.390 e. The summed E-state index contributed by atoms with van der Waals surface area (Å²) in [6.45, 7) is 0. The highest BCUT2D eigenvalue weighted by molar-refractivity contribution is 6.01. The van der Waals surface area contributed by atoms with E-state index in [1.165, 1.54) is 12.0 Å². The van der Waals surface area contributed by atoms with E-state index in [1.807, 2.05) is 36.4 Å². The van der Waals surface area contributed by atoms with Gasteiger partial charge in [0.2, 0.25) is 0 Å². The number of aromatic nitrogens is 2. The fourth-order valence-corrected chi connectivity index (χ4v) is 7.86. The molecule has 4 N–H and O–H groups in total. The van der Waals surface area contributed by atoms with Crippen LogP contribution in [0.25, 0.3) is 22.2 Å². The van der Waals surface area contributed by atoms with Crippen LogP contribution in [0, 0.1) is 11.8 Å². The fraction of sp³-hybridized carbons (Fsp3) is 0.350. The minimum atomic E-state index is -0.529. The SMILES string of the molecule is O=C(NC(c1ccccc1)C1CC1)c1ccc2[nH]nc(-c3ccc(NC4(c5ccccc5)CCC(O)(C5CCC5)CC4)cc3)c2c1. The maximum absolute atomic E-state index is 13.5. The van der Waals surface area contributed by atoms with Gasteiger partial charge in [-0.05, 0) is 105 Å². The van der Waals surface area contributed by atoms with Crippen LogP contribution < -0.4 is 10.6 Å². The first kappa shape index (κ1) is 29.0. The largest absolute Gasteiger partial charge is 0.390 e. The van der Waals surface area contributed by atoms with Gasteiger partial charge in [-0.3, -0.25) is 9.89 Å². The molecule has 1 heterocycles. The van der Waals surface area contributed by atoms with Crippen LogP contribution in [0.1, 0.15) is 85.3 Å². The number of rotatable bonds is 9. The molecule has 0 bridgehead atoms. The summed E-state index contributed by atoms with van der Waals surface area (Å²) >= 11 is 0. The molecular weight excluding hydrogens is 568 g/mol. The van der Waals surface area contributed by atoms with Crippen molar-refractivity contribution in [3.63, 3.8) is 0 Å². The molecule has 1 amide bonds. The number of hydrogen-bond acceptors (Lipinski definition) is 4. The highest BCUT2D eigenvalue weighted by Crippen LogP contribution is 2.50. The van der Waals surface area contributed by atoms with Gasteiger partial charge in [-0.1, -0.05) is 79.2 Å². The molecule has 5 aromatic rings. The lowest BCUT2D eigenvalue weighted by Crippen LogP contribution is -2.50. The molecule has 8 rings (SSSR count). The second kappa shape index (κ2) is 11.7. The zero-order valence-electron chi connectivity index (χ0n) is 26.2. The Morgan fingerprint density at radius 3 is 2.17 bits per heavy atom. The number of aromatic amines is 1. The molecule has 3 aliphatic rings. The van der Waals surface area contributed by atoms with Crippen LogP contribution >= 0.6 is 0 Å². The third-order valence-electron chi connectivity index (χ3n) is 11.1. The van der Waals surface area contributed by atoms with Gasteiger partial charge in [0.25, 0.3) is 5.91 Å². The summed E-state index contributed by atoms with van der Waals surface area (Å²) in [5.74, 6) is 0.895. The first-order valence-electron chi connectivity index (χ1n) is 17.0. The van der Waals surface area contributed by atoms with E-state index in [4.69, 9.17) is 0 Å². The van der Waals surface area contributed by atoms with E-state index in [-0.39, 0.29) is 17.5 Å². The molecule has 46 heavy (non-hydrogen) atoms. The average molecular weight is 611 g/mol. The Labute approximate surface area is 270 Å². The summed E-state index contributed by atoms with van der Waals surface area (Å²) in [5, 5.41) is 27.5. The fourth-order valence-electron chi connectivity index (χ4n) is 7.86. The van der Waals surface area contributed by atoms with Crippen LogP contribution in [0.3, 0.4) is 0 Å². The van der Waals surface area contributed by atoms with Crippen LogP contribution in [-0.2, 0) is 5.54 Å². The third-order valence-corrected chi connectivity index (χ3v) is 11.1. The van der Waals surface area contributed by atoms with Crippen molar-refractivity contribution in [1.82, 2.24) is 15.5 Å². The Bertz CT molecular complexity index is 1820. The first-order chi connectivity index (χ1) is 22.5. The first-order valence-corrected chi connectivity index (χ1v) is 17.0. The normalized spacial score (nSPS) is 23.8. The van der Waals surface area contributed by atoms with Crippen molar-refractivity contribution in [3.8, 4) is 11.3 Å². The van der Waals surface area contributed by atoms with Gasteiger partial charge < -0.3 is 15.7 Å². The van der Waals surface area contributed by atoms with Crippen molar-refractivity contribution < 1.29 is 9.90 Å². The maximum Gasteiger partial charge on any atom is 0.251 e. The summed E-state index contributed by atoms with van der Waals surface area (Å²) in [7, 11) is 0. The van der Waals surface area contributed by atoms with Crippen LogP contribution in [0.15, 0.2) is 103 Å². The molecule has 4 aromatic carbocycles. The zero-order chi connectivity index (χ0) is 31.1. The van der Waals surface area contributed by atoms with E-state index < -0.39 is 5.60 Å².